The smallest absolute Gasteiger partial charge is 0.186 e. The maximum atomic E-state index is 5.32. The van der Waals surface area contributed by atoms with Crippen LogP contribution in [0, 0.1) is 0 Å². The average Bonchev–Trinajstić information content (AvgIpc) is 2.91. The fraction of sp³-hybridized carbons (Fsp3) is 0.263. The van der Waals surface area contributed by atoms with E-state index in [1.165, 1.54) is 11.1 Å². The van der Waals surface area contributed by atoms with Crippen LogP contribution in [0.25, 0.3) is 11.1 Å². The molecule has 2 aromatic rings. The molecule has 0 heterocycles. The largest absolute Gasteiger partial charge is 0.361 e. The normalized spacial score (nSPS) is 11.9. The van der Waals surface area contributed by atoms with Gasteiger partial charge in [-0.3, -0.25) is 5.43 Å². The van der Waals surface area contributed by atoms with Crippen molar-refractivity contribution in [1.29, 1.82) is 0 Å². The van der Waals surface area contributed by atoms with Gasteiger partial charge >= 0.3 is 0 Å². The van der Waals surface area contributed by atoms with E-state index in [4.69, 9.17) is 12.2 Å². The quantitative estimate of drug-likeness (QED) is 0.426. The maximum Gasteiger partial charge on any atom is 0.186 e. The Labute approximate surface area is 148 Å². The van der Waals surface area contributed by atoms with Crippen LogP contribution in [0.5, 0.6) is 0 Å². The molecule has 0 aliphatic heterocycles. The van der Waals surface area contributed by atoms with Crippen LogP contribution < -0.4 is 10.7 Å². The SMILES string of the molecule is CN(C)CCCNC(=S)NN=C1c2ccccc2-c2ccccc21. The summed E-state index contributed by atoms with van der Waals surface area (Å²) in [5, 5.41) is 8.33. The third kappa shape index (κ3) is 3.63. The minimum atomic E-state index is 0.558. The number of nitrogens with one attached hydrogen (secondary N) is 2. The van der Waals surface area contributed by atoms with E-state index in [0.29, 0.717) is 5.11 Å². The number of hydrazone groups is 1. The second kappa shape index (κ2) is 7.55. The van der Waals surface area contributed by atoms with Gasteiger partial charge in [0, 0.05) is 17.7 Å². The van der Waals surface area contributed by atoms with E-state index in [1.54, 1.807) is 0 Å². The van der Waals surface area contributed by atoms with Crippen LogP contribution in [0.1, 0.15) is 17.5 Å². The summed E-state index contributed by atoms with van der Waals surface area (Å²) < 4.78 is 0. The molecule has 0 saturated heterocycles. The zero-order chi connectivity index (χ0) is 16.9. The summed E-state index contributed by atoms with van der Waals surface area (Å²) in [5.74, 6) is 0. The van der Waals surface area contributed by atoms with Crippen LogP contribution in [-0.4, -0.2) is 42.9 Å². The molecule has 1 aliphatic carbocycles. The Bertz CT molecular complexity index is 720. The first-order valence-corrected chi connectivity index (χ1v) is 8.53. The second-order valence-electron chi connectivity index (χ2n) is 6.08. The minimum Gasteiger partial charge on any atom is -0.361 e. The van der Waals surface area contributed by atoms with Crippen molar-refractivity contribution in [2.75, 3.05) is 27.2 Å². The summed E-state index contributed by atoms with van der Waals surface area (Å²) in [5.41, 5.74) is 8.65. The van der Waals surface area contributed by atoms with Crippen molar-refractivity contribution in [3.05, 3.63) is 59.7 Å². The molecule has 24 heavy (non-hydrogen) atoms. The lowest BCUT2D eigenvalue weighted by Gasteiger charge is -2.11. The molecule has 0 spiro atoms. The summed E-state index contributed by atoms with van der Waals surface area (Å²) in [6.45, 7) is 1.87. The molecule has 5 heteroatoms. The van der Waals surface area contributed by atoms with Gasteiger partial charge in [-0.25, -0.2) is 0 Å². The van der Waals surface area contributed by atoms with Gasteiger partial charge in [0.15, 0.2) is 5.11 Å². The van der Waals surface area contributed by atoms with E-state index in [9.17, 15) is 0 Å². The van der Waals surface area contributed by atoms with E-state index < -0.39 is 0 Å². The zero-order valence-electron chi connectivity index (χ0n) is 14.0. The first-order chi connectivity index (χ1) is 11.7. The van der Waals surface area contributed by atoms with E-state index >= 15 is 0 Å². The van der Waals surface area contributed by atoms with Crippen molar-refractivity contribution >= 4 is 23.0 Å². The first kappa shape index (κ1) is 16.6. The predicted molar refractivity (Wildman–Crippen MR) is 104 cm³/mol. The maximum absolute atomic E-state index is 5.32. The number of hydrogen-bond acceptors (Lipinski definition) is 3. The fourth-order valence-corrected chi connectivity index (χ4v) is 3.01. The molecule has 0 amide bonds. The van der Waals surface area contributed by atoms with Crippen molar-refractivity contribution in [3.63, 3.8) is 0 Å². The molecule has 124 valence electrons. The molecule has 2 aromatic carbocycles. The third-order valence-corrected chi connectivity index (χ3v) is 4.23. The van der Waals surface area contributed by atoms with Gasteiger partial charge in [0.1, 0.15) is 0 Å². The molecule has 0 unspecified atom stereocenters. The molecule has 3 rings (SSSR count). The summed E-state index contributed by atoms with van der Waals surface area (Å²) in [4.78, 5) is 2.16. The Hall–Kier alpha value is -2.24. The monoisotopic (exact) mass is 338 g/mol. The van der Waals surface area contributed by atoms with Gasteiger partial charge in [-0.15, -0.1) is 0 Å². The third-order valence-electron chi connectivity index (χ3n) is 3.99. The number of nitrogens with zero attached hydrogens (tertiary/aromatic N) is 2. The Kier molecular flexibility index (Phi) is 5.23. The second-order valence-corrected chi connectivity index (χ2v) is 6.48. The molecule has 0 radical (unpaired) electrons. The van der Waals surface area contributed by atoms with Crippen LogP contribution in [0.2, 0.25) is 0 Å². The summed E-state index contributed by atoms with van der Waals surface area (Å²) in [7, 11) is 4.13. The Morgan fingerprint density at radius 3 is 2.04 bits per heavy atom. The van der Waals surface area contributed by atoms with Crippen molar-refractivity contribution in [2.45, 2.75) is 6.42 Å². The number of fused-ring (bicyclic) bond motifs is 3. The highest BCUT2D eigenvalue weighted by atomic mass is 32.1. The van der Waals surface area contributed by atoms with Crippen LogP contribution in [-0.2, 0) is 0 Å². The van der Waals surface area contributed by atoms with E-state index in [1.807, 2.05) is 12.1 Å². The molecule has 0 fully saturated rings. The molecule has 4 nitrogen and oxygen atoms in total. The molecule has 0 saturated carbocycles. The fourth-order valence-electron chi connectivity index (χ4n) is 2.86. The lowest BCUT2D eigenvalue weighted by atomic mass is 10.1. The first-order valence-electron chi connectivity index (χ1n) is 8.12. The summed E-state index contributed by atoms with van der Waals surface area (Å²) in [6, 6.07) is 16.7. The highest BCUT2D eigenvalue weighted by Gasteiger charge is 2.23. The number of hydrogen-bond donors (Lipinski definition) is 2. The van der Waals surface area contributed by atoms with E-state index in [2.05, 4.69) is 71.2 Å². The Balaban J connectivity index is 1.70. The topological polar surface area (TPSA) is 39.7 Å². The number of rotatable bonds is 5. The van der Waals surface area contributed by atoms with Gasteiger partial charge in [-0.2, -0.15) is 5.10 Å². The minimum absolute atomic E-state index is 0.558. The van der Waals surface area contributed by atoms with E-state index in [-0.39, 0.29) is 0 Å². The summed E-state index contributed by atoms with van der Waals surface area (Å²) >= 11 is 5.32. The van der Waals surface area contributed by atoms with Crippen LogP contribution >= 0.6 is 12.2 Å². The van der Waals surface area contributed by atoms with Crippen LogP contribution in [0.15, 0.2) is 53.6 Å². The Morgan fingerprint density at radius 1 is 0.958 bits per heavy atom. The molecule has 1 aliphatic rings. The molecular weight excluding hydrogens is 316 g/mol. The van der Waals surface area contributed by atoms with Crippen molar-refractivity contribution < 1.29 is 0 Å². The van der Waals surface area contributed by atoms with Crippen molar-refractivity contribution in [1.82, 2.24) is 15.6 Å². The highest BCUT2D eigenvalue weighted by Crippen LogP contribution is 2.36. The van der Waals surface area contributed by atoms with Gasteiger partial charge in [0.2, 0.25) is 0 Å². The predicted octanol–water partition coefficient (Wildman–Crippen LogP) is 2.84. The molecule has 2 N–H and O–H groups in total. The lowest BCUT2D eigenvalue weighted by Crippen LogP contribution is -2.34. The lowest BCUT2D eigenvalue weighted by molar-refractivity contribution is 0.400. The molecule has 0 atom stereocenters. The average molecular weight is 338 g/mol. The van der Waals surface area contributed by atoms with Gasteiger partial charge < -0.3 is 10.2 Å². The van der Waals surface area contributed by atoms with Crippen molar-refractivity contribution in [2.24, 2.45) is 5.10 Å². The Morgan fingerprint density at radius 2 is 1.50 bits per heavy atom. The van der Waals surface area contributed by atoms with Crippen molar-refractivity contribution in [3.8, 4) is 11.1 Å². The van der Waals surface area contributed by atoms with Crippen LogP contribution in [0.4, 0.5) is 0 Å². The molecule has 0 bridgehead atoms. The zero-order valence-corrected chi connectivity index (χ0v) is 14.9. The van der Waals surface area contributed by atoms with Gasteiger partial charge in [-0.05, 0) is 50.4 Å². The number of benzene rings is 2. The molecular formula is C19H22N4S. The van der Waals surface area contributed by atoms with Gasteiger partial charge in [0.25, 0.3) is 0 Å². The highest BCUT2D eigenvalue weighted by molar-refractivity contribution is 7.80. The summed E-state index contributed by atoms with van der Waals surface area (Å²) in [6.07, 6.45) is 1.04. The van der Waals surface area contributed by atoms with E-state index in [0.717, 1.165) is 36.3 Å². The van der Waals surface area contributed by atoms with Crippen LogP contribution in [0.3, 0.4) is 0 Å². The van der Waals surface area contributed by atoms with Gasteiger partial charge in [-0.1, -0.05) is 48.5 Å². The van der Waals surface area contributed by atoms with Gasteiger partial charge in [0.05, 0.1) is 5.71 Å². The standard InChI is InChI=1S/C19H22N4S/c1-23(2)13-7-12-20-19(24)22-21-18-16-10-5-3-8-14(16)15-9-4-6-11-17(15)18/h3-6,8-11H,7,12-13H2,1-2H3,(H2,20,22,24). The molecule has 0 aromatic heterocycles. The number of thiocarbonyl (C=S) groups is 1.